The number of thiocarbonyl (C=S) groups is 1. The summed E-state index contributed by atoms with van der Waals surface area (Å²) in [7, 11) is 4.02. The SMILES string of the molecule is C=C/C=C(/c1cc(F)cc(NCCN(C)C)c1)c1cc(-c2n[nH]c(=C/C)/c2=C\C(=C)c2cncc(NC(=S)C3CCC3)c2)[nH]c1C. The molecule has 1 aromatic carbocycles. The van der Waals surface area contributed by atoms with E-state index in [1.54, 1.807) is 24.5 Å². The van der Waals surface area contributed by atoms with Crippen LogP contribution in [0.25, 0.3) is 34.7 Å². The fourth-order valence-corrected chi connectivity index (χ4v) is 5.84. The number of benzene rings is 1. The molecule has 0 radical (unpaired) electrons. The molecule has 0 bridgehead atoms. The van der Waals surface area contributed by atoms with Crippen LogP contribution in [0.3, 0.4) is 0 Å². The fraction of sp³-hybridized carbons (Fsp3) is 0.270. The molecule has 1 saturated carbocycles. The summed E-state index contributed by atoms with van der Waals surface area (Å²) < 4.78 is 14.8. The zero-order chi connectivity index (χ0) is 32.8. The zero-order valence-electron chi connectivity index (χ0n) is 27.0. The van der Waals surface area contributed by atoms with Gasteiger partial charge in [0.05, 0.1) is 27.9 Å². The molecule has 46 heavy (non-hydrogen) atoms. The predicted octanol–water partition coefficient (Wildman–Crippen LogP) is 6.67. The Kier molecular flexibility index (Phi) is 10.4. The first-order valence-corrected chi connectivity index (χ1v) is 16.0. The molecule has 0 spiro atoms. The Bertz CT molecular complexity index is 1910. The number of rotatable bonds is 12. The van der Waals surface area contributed by atoms with E-state index in [2.05, 4.69) is 54.9 Å². The number of likely N-dealkylation sites (N-methyl/N-ethyl adjacent to an activating group) is 1. The minimum Gasteiger partial charge on any atom is -0.384 e. The van der Waals surface area contributed by atoms with Gasteiger partial charge in [-0.25, -0.2) is 4.39 Å². The molecule has 1 aliphatic carbocycles. The first-order chi connectivity index (χ1) is 22.2. The first kappa shape index (κ1) is 32.8. The van der Waals surface area contributed by atoms with E-state index < -0.39 is 0 Å². The quantitative estimate of drug-likeness (QED) is 0.103. The van der Waals surface area contributed by atoms with Crippen molar-refractivity contribution in [3.63, 3.8) is 0 Å². The highest BCUT2D eigenvalue weighted by molar-refractivity contribution is 7.80. The van der Waals surface area contributed by atoms with E-state index in [1.165, 1.54) is 12.5 Å². The van der Waals surface area contributed by atoms with Gasteiger partial charge in [0.15, 0.2) is 0 Å². The molecule has 1 aliphatic rings. The predicted molar refractivity (Wildman–Crippen MR) is 195 cm³/mol. The highest BCUT2D eigenvalue weighted by Crippen LogP contribution is 2.32. The Hall–Kier alpha value is -4.60. The first-order valence-electron chi connectivity index (χ1n) is 15.6. The lowest BCUT2D eigenvalue weighted by Crippen LogP contribution is -2.26. The van der Waals surface area contributed by atoms with Crippen LogP contribution in [-0.2, 0) is 0 Å². The highest BCUT2D eigenvalue weighted by Gasteiger charge is 2.22. The maximum Gasteiger partial charge on any atom is 0.125 e. The van der Waals surface area contributed by atoms with Crippen LogP contribution in [-0.4, -0.2) is 57.2 Å². The topological polar surface area (TPSA) is 84.7 Å². The van der Waals surface area contributed by atoms with Crippen molar-refractivity contribution in [2.24, 2.45) is 5.92 Å². The van der Waals surface area contributed by atoms with Crippen LogP contribution in [0.2, 0.25) is 0 Å². The molecule has 0 unspecified atom stereocenters. The van der Waals surface area contributed by atoms with E-state index >= 15 is 0 Å². The van der Waals surface area contributed by atoms with Gasteiger partial charge in [-0.1, -0.05) is 50.0 Å². The molecule has 1 fully saturated rings. The number of hydrogen-bond acceptors (Lipinski definition) is 5. The van der Waals surface area contributed by atoms with Crippen LogP contribution >= 0.6 is 12.2 Å². The number of aromatic amines is 2. The van der Waals surface area contributed by atoms with Crippen LogP contribution in [0.15, 0.2) is 68.0 Å². The number of nitrogens with zero attached hydrogens (tertiary/aromatic N) is 3. The van der Waals surface area contributed by atoms with E-state index in [4.69, 9.17) is 12.2 Å². The van der Waals surface area contributed by atoms with Crippen molar-refractivity contribution in [2.75, 3.05) is 37.8 Å². The van der Waals surface area contributed by atoms with Crippen molar-refractivity contribution >= 4 is 51.9 Å². The van der Waals surface area contributed by atoms with Crippen LogP contribution in [0.5, 0.6) is 0 Å². The Labute approximate surface area is 275 Å². The average Bonchev–Trinajstić information content (AvgIpc) is 3.57. The van der Waals surface area contributed by atoms with Crippen molar-refractivity contribution in [3.05, 3.63) is 107 Å². The van der Waals surface area contributed by atoms with E-state index in [0.29, 0.717) is 12.5 Å². The zero-order valence-corrected chi connectivity index (χ0v) is 27.8. The van der Waals surface area contributed by atoms with Gasteiger partial charge in [0.2, 0.25) is 0 Å². The van der Waals surface area contributed by atoms with Crippen LogP contribution in [0.1, 0.15) is 48.6 Å². The van der Waals surface area contributed by atoms with Crippen molar-refractivity contribution in [3.8, 4) is 11.4 Å². The monoisotopic (exact) mass is 635 g/mol. The molecular formula is C37H42FN7S. The van der Waals surface area contributed by atoms with E-state index in [9.17, 15) is 4.39 Å². The van der Waals surface area contributed by atoms with E-state index in [1.807, 2.05) is 58.3 Å². The third-order valence-electron chi connectivity index (χ3n) is 8.23. The largest absolute Gasteiger partial charge is 0.384 e. The molecule has 7 nitrogen and oxygen atoms in total. The maximum absolute atomic E-state index is 14.8. The fourth-order valence-electron chi connectivity index (χ4n) is 5.49. The van der Waals surface area contributed by atoms with Gasteiger partial charge in [-0.05, 0) is 93.9 Å². The lowest BCUT2D eigenvalue weighted by atomic mass is 9.85. The number of halogens is 1. The van der Waals surface area contributed by atoms with Gasteiger partial charge >= 0.3 is 0 Å². The van der Waals surface area contributed by atoms with Gasteiger partial charge in [0, 0.05) is 52.9 Å². The number of hydrogen-bond donors (Lipinski definition) is 4. The number of pyridine rings is 1. The minimum absolute atomic E-state index is 0.308. The second kappa shape index (κ2) is 14.7. The Morgan fingerprint density at radius 2 is 1.91 bits per heavy atom. The van der Waals surface area contributed by atoms with Crippen molar-refractivity contribution in [1.29, 1.82) is 0 Å². The number of nitrogens with one attached hydrogen (secondary N) is 4. The molecule has 4 aromatic rings. The van der Waals surface area contributed by atoms with Gasteiger partial charge in [-0.2, -0.15) is 5.10 Å². The number of aryl methyl sites for hydroxylation is 1. The summed E-state index contributed by atoms with van der Waals surface area (Å²) in [6.07, 6.45) is 14.7. The molecule has 3 aromatic heterocycles. The van der Waals surface area contributed by atoms with Crippen molar-refractivity contribution < 1.29 is 4.39 Å². The Balaban J connectivity index is 1.47. The lowest BCUT2D eigenvalue weighted by molar-refractivity contribution is 0.417. The van der Waals surface area contributed by atoms with Crippen molar-refractivity contribution in [1.82, 2.24) is 25.1 Å². The summed E-state index contributed by atoms with van der Waals surface area (Å²) in [5.74, 6) is 0.144. The van der Waals surface area contributed by atoms with Crippen LogP contribution < -0.4 is 21.2 Å². The number of aromatic nitrogens is 4. The average molecular weight is 636 g/mol. The summed E-state index contributed by atoms with van der Waals surface area (Å²) in [4.78, 5) is 10.9. The van der Waals surface area contributed by atoms with Gasteiger partial charge in [-0.15, -0.1) is 0 Å². The lowest BCUT2D eigenvalue weighted by Gasteiger charge is -2.26. The normalized spacial score (nSPS) is 14.4. The van der Waals surface area contributed by atoms with E-state index in [0.717, 1.165) is 91.2 Å². The Morgan fingerprint density at radius 1 is 1.13 bits per heavy atom. The summed E-state index contributed by atoms with van der Waals surface area (Å²) in [5, 5.41) is 16.3. The third kappa shape index (κ3) is 7.61. The second-order valence-corrected chi connectivity index (χ2v) is 12.4. The summed E-state index contributed by atoms with van der Waals surface area (Å²) in [6, 6.07) is 9.12. The number of H-pyrrole nitrogens is 2. The molecule has 0 amide bonds. The summed E-state index contributed by atoms with van der Waals surface area (Å²) in [6.45, 7) is 13.8. The van der Waals surface area contributed by atoms with Gasteiger partial charge in [0.25, 0.3) is 0 Å². The molecular weight excluding hydrogens is 594 g/mol. The van der Waals surface area contributed by atoms with Crippen LogP contribution in [0.4, 0.5) is 15.8 Å². The second-order valence-electron chi connectivity index (χ2n) is 11.9. The third-order valence-corrected chi connectivity index (χ3v) is 8.67. The molecule has 0 atom stereocenters. The molecule has 9 heteroatoms. The molecule has 5 rings (SSSR count). The standard InChI is InChI=1S/C37H42FN7S/c1-7-10-31(26-16-28(38)19-29(17-26)40-13-14-45(5)6)32-20-35(41-24(32)4)36-33(34(8-2)43-44-36)15-23(3)27-18-30(22-39-21-27)42-37(46)25-11-9-12-25/h7-8,10,15-22,25,40-41,43H,1,3,9,11-14H2,2,4-6H3,(H,42,46)/b31-10-,33-15+,34-8+. The van der Waals surface area contributed by atoms with Crippen molar-refractivity contribution in [2.45, 2.75) is 33.1 Å². The van der Waals surface area contributed by atoms with Crippen LogP contribution in [0, 0.1) is 18.7 Å². The summed E-state index contributed by atoms with van der Waals surface area (Å²) >= 11 is 5.61. The molecule has 0 aliphatic heterocycles. The van der Waals surface area contributed by atoms with Gasteiger partial charge in [0.1, 0.15) is 11.5 Å². The Morgan fingerprint density at radius 3 is 2.61 bits per heavy atom. The molecule has 3 heterocycles. The number of allylic oxidation sites excluding steroid dienone is 3. The number of anilines is 2. The highest BCUT2D eigenvalue weighted by atomic mass is 32.1. The van der Waals surface area contributed by atoms with Gasteiger partial charge < -0.3 is 20.5 Å². The molecule has 0 saturated heterocycles. The molecule has 4 N–H and O–H groups in total. The smallest absolute Gasteiger partial charge is 0.125 e. The minimum atomic E-state index is -0.308. The van der Waals surface area contributed by atoms with Gasteiger partial charge in [-0.3, -0.25) is 10.1 Å². The molecule has 238 valence electrons. The van der Waals surface area contributed by atoms with E-state index in [-0.39, 0.29) is 5.82 Å². The maximum atomic E-state index is 14.8. The summed E-state index contributed by atoms with van der Waals surface area (Å²) in [5.41, 5.74) is 8.30.